The number of thiazole rings is 1. The second-order valence-electron chi connectivity index (χ2n) is 3.96. The molecule has 0 atom stereocenters. The van der Waals surface area contributed by atoms with E-state index >= 15 is 0 Å². The molecule has 1 heterocycles. The number of rotatable bonds is 4. The van der Waals surface area contributed by atoms with Gasteiger partial charge in [-0.2, -0.15) is 0 Å². The summed E-state index contributed by atoms with van der Waals surface area (Å²) in [5.41, 5.74) is 2.87. The predicted octanol–water partition coefficient (Wildman–Crippen LogP) is 3.50. The Bertz CT molecular complexity index is 554. The maximum atomic E-state index is 6.10. The van der Waals surface area contributed by atoms with Crippen molar-refractivity contribution in [1.82, 2.24) is 10.3 Å². The zero-order chi connectivity index (χ0) is 13.1. The van der Waals surface area contributed by atoms with E-state index in [9.17, 15) is 0 Å². The molecule has 0 radical (unpaired) electrons. The van der Waals surface area contributed by atoms with Crippen molar-refractivity contribution < 1.29 is 4.74 Å². The van der Waals surface area contributed by atoms with Crippen molar-refractivity contribution in [3.8, 4) is 17.0 Å². The van der Waals surface area contributed by atoms with Crippen LogP contribution in [-0.4, -0.2) is 19.1 Å². The van der Waals surface area contributed by atoms with Crippen LogP contribution in [0.25, 0.3) is 11.3 Å². The number of aromatic nitrogens is 1. The summed E-state index contributed by atoms with van der Waals surface area (Å²) in [6.07, 6.45) is 0. The summed E-state index contributed by atoms with van der Waals surface area (Å²) < 4.78 is 5.45. The molecule has 2 rings (SSSR count). The molecule has 0 saturated carbocycles. The van der Waals surface area contributed by atoms with Crippen LogP contribution in [-0.2, 0) is 6.54 Å². The molecule has 3 nitrogen and oxygen atoms in total. The van der Waals surface area contributed by atoms with Crippen molar-refractivity contribution in [2.75, 3.05) is 14.2 Å². The van der Waals surface area contributed by atoms with Crippen molar-refractivity contribution in [3.63, 3.8) is 0 Å². The van der Waals surface area contributed by atoms with Gasteiger partial charge in [0.05, 0.1) is 12.8 Å². The van der Waals surface area contributed by atoms with Crippen LogP contribution in [0.5, 0.6) is 5.75 Å². The van der Waals surface area contributed by atoms with E-state index in [-0.39, 0.29) is 0 Å². The Kier molecular flexibility index (Phi) is 4.22. The van der Waals surface area contributed by atoms with Gasteiger partial charge in [0.2, 0.25) is 0 Å². The third-order valence-electron chi connectivity index (χ3n) is 2.60. The van der Waals surface area contributed by atoms with Crippen molar-refractivity contribution >= 4 is 22.9 Å². The molecule has 18 heavy (non-hydrogen) atoms. The van der Waals surface area contributed by atoms with E-state index in [1.807, 2.05) is 31.5 Å². The standard InChI is InChI=1S/C13H15ClN2OS/c1-8-4-9(14)5-10(13(8)17-3)11-7-18-12(16-11)6-15-2/h4-5,7,15H,6H2,1-3H3. The Morgan fingerprint density at radius 1 is 1.44 bits per heavy atom. The van der Waals surface area contributed by atoms with Gasteiger partial charge >= 0.3 is 0 Å². The van der Waals surface area contributed by atoms with Gasteiger partial charge in [0.15, 0.2) is 0 Å². The fourth-order valence-corrected chi connectivity index (χ4v) is 2.94. The van der Waals surface area contributed by atoms with Gasteiger partial charge in [-0.1, -0.05) is 11.6 Å². The Hall–Kier alpha value is -1.10. The first kappa shape index (κ1) is 13.3. The maximum Gasteiger partial charge on any atom is 0.131 e. The third kappa shape index (κ3) is 2.66. The Morgan fingerprint density at radius 3 is 2.89 bits per heavy atom. The lowest BCUT2D eigenvalue weighted by molar-refractivity contribution is 0.413. The minimum Gasteiger partial charge on any atom is -0.496 e. The highest BCUT2D eigenvalue weighted by Gasteiger charge is 2.13. The topological polar surface area (TPSA) is 34.2 Å². The van der Waals surface area contributed by atoms with Crippen LogP contribution in [0.2, 0.25) is 5.02 Å². The molecular weight excluding hydrogens is 268 g/mol. The lowest BCUT2D eigenvalue weighted by Crippen LogP contribution is -2.04. The van der Waals surface area contributed by atoms with Crippen molar-refractivity contribution in [2.45, 2.75) is 13.5 Å². The minimum atomic E-state index is 0.700. The maximum absolute atomic E-state index is 6.10. The van der Waals surface area contributed by atoms with E-state index in [1.54, 1.807) is 18.4 Å². The van der Waals surface area contributed by atoms with Gasteiger partial charge in [-0.3, -0.25) is 0 Å². The van der Waals surface area contributed by atoms with Gasteiger partial charge in [0, 0.05) is 22.5 Å². The number of benzene rings is 1. The smallest absolute Gasteiger partial charge is 0.131 e. The number of hydrogen-bond donors (Lipinski definition) is 1. The molecule has 0 aliphatic rings. The molecule has 0 fully saturated rings. The Labute approximate surface area is 116 Å². The van der Waals surface area contributed by atoms with Crippen molar-refractivity contribution in [3.05, 3.63) is 33.1 Å². The molecule has 96 valence electrons. The monoisotopic (exact) mass is 282 g/mol. The molecule has 5 heteroatoms. The molecule has 1 aromatic heterocycles. The molecule has 0 unspecified atom stereocenters. The molecule has 0 aliphatic carbocycles. The molecular formula is C13H15ClN2OS. The van der Waals surface area contributed by atoms with Gasteiger partial charge in [0.25, 0.3) is 0 Å². The molecule has 0 spiro atoms. The summed E-state index contributed by atoms with van der Waals surface area (Å²) in [4.78, 5) is 4.58. The number of nitrogens with zero attached hydrogens (tertiary/aromatic N) is 1. The molecule has 0 amide bonds. The molecule has 0 bridgehead atoms. The van der Waals surface area contributed by atoms with Gasteiger partial charge in [-0.05, 0) is 31.7 Å². The van der Waals surface area contributed by atoms with E-state index in [4.69, 9.17) is 16.3 Å². The Morgan fingerprint density at radius 2 is 2.22 bits per heavy atom. The lowest BCUT2D eigenvalue weighted by atomic mass is 10.1. The number of aryl methyl sites for hydroxylation is 1. The number of hydrogen-bond acceptors (Lipinski definition) is 4. The van der Waals surface area contributed by atoms with E-state index in [2.05, 4.69) is 10.3 Å². The van der Waals surface area contributed by atoms with Crippen molar-refractivity contribution in [1.29, 1.82) is 0 Å². The SMILES string of the molecule is CNCc1nc(-c2cc(Cl)cc(C)c2OC)cs1. The highest BCUT2D eigenvalue weighted by atomic mass is 35.5. The Balaban J connectivity index is 2.48. The van der Waals surface area contributed by atoms with Gasteiger partial charge in [-0.25, -0.2) is 4.98 Å². The van der Waals surface area contributed by atoms with Crippen LogP contribution in [0.4, 0.5) is 0 Å². The van der Waals surface area contributed by atoms with Crippen LogP contribution in [0.3, 0.4) is 0 Å². The highest BCUT2D eigenvalue weighted by Crippen LogP contribution is 2.36. The van der Waals surface area contributed by atoms with E-state index in [1.165, 1.54) is 0 Å². The first-order chi connectivity index (χ1) is 8.65. The largest absolute Gasteiger partial charge is 0.496 e. The van der Waals surface area contributed by atoms with Crippen LogP contribution in [0.15, 0.2) is 17.5 Å². The number of ether oxygens (including phenoxy) is 1. The quantitative estimate of drug-likeness (QED) is 0.932. The zero-order valence-corrected chi connectivity index (χ0v) is 12.2. The molecule has 0 aliphatic heterocycles. The normalized spacial score (nSPS) is 10.7. The molecule has 0 saturated heterocycles. The zero-order valence-electron chi connectivity index (χ0n) is 10.6. The van der Waals surface area contributed by atoms with Crippen LogP contribution < -0.4 is 10.1 Å². The first-order valence-electron chi connectivity index (χ1n) is 5.59. The molecule has 1 N–H and O–H groups in total. The highest BCUT2D eigenvalue weighted by molar-refractivity contribution is 7.09. The van der Waals surface area contributed by atoms with Gasteiger partial charge in [0.1, 0.15) is 10.8 Å². The van der Waals surface area contributed by atoms with Gasteiger partial charge < -0.3 is 10.1 Å². The van der Waals surface area contributed by atoms with Crippen LogP contribution in [0, 0.1) is 6.92 Å². The van der Waals surface area contributed by atoms with Crippen LogP contribution >= 0.6 is 22.9 Å². The summed E-state index contributed by atoms with van der Waals surface area (Å²) in [5, 5.41) is 6.87. The average molecular weight is 283 g/mol. The third-order valence-corrected chi connectivity index (χ3v) is 3.67. The average Bonchev–Trinajstić information content (AvgIpc) is 2.77. The van der Waals surface area contributed by atoms with E-state index < -0.39 is 0 Å². The first-order valence-corrected chi connectivity index (χ1v) is 6.85. The predicted molar refractivity (Wildman–Crippen MR) is 76.6 cm³/mol. The van der Waals surface area contributed by atoms with Gasteiger partial charge in [-0.15, -0.1) is 11.3 Å². The summed E-state index contributed by atoms with van der Waals surface area (Å²) in [7, 11) is 3.58. The molecule has 2 aromatic rings. The second kappa shape index (κ2) is 5.69. The fourth-order valence-electron chi connectivity index (χ4n) is 1.86. The number of nitrogens with one attached hydrogen (secondary N) is 1. The minimum absolute atomic E-state index is 0.700. The number of methoxy groups -OCH3 is 1. The number of halogens is 1. The lowest BCUT2D eigenvalue weighted by Gasteiger charge is -2.10. The summed E-state index contributed by atoms with van der Waals surface area (Å²) in [6.45, 7) is 2.75. The summed E-state index contributed by atoms with van der Waals surface area (Å²) in [5.74, 6) is 0.834. The second-order valence-corrected chi connectivity index (χ2v) is 5.34. The summed E-state index contributed by atoms with van der Waals surface area (Å²) >= 11 is 7.73. The fraction of sp³-hybridized carbons (Fsp3) is 0.308. The summed E-state index contributed by atoms with van der Waals surface area (Å²) in [6, 6.07) is 3.79. The van der Waals surface area contributed by atoms with E-state index in [0.717, 1.165) is 34.1 Å². The van der Waals surface area contributed by atoms with Crippen LogP contribution in [0.1, 0.15) is 10.6 Å². The molecule has 1 aromatic carbocycles. The van der Waals surface area contributed by atoms with E-state index in [0.29, 0.717) is 5.02 Å². The van der Waals surface area contributed by atoms with Crippen molar-refractivity contribution in [2.24, 2.45) is 0 Å².